The number of hydrogen-bond donors (Lipinski definition) is 1. The van der Waals surface area contributed by atoms with Crippen LogP contribution < -0.4 is 4.72 Å². The molecule has 0 radical (unpaired) electrons. The van der Waals surface area contributed by atoms with E-state index >= 15 is 0 Å². The van der Waals surface area contributed by atoms with Gasteiger partial charge < -0.3 is 4.57 Å². The zero-order valence-corrected chi connectivity index (χ0v) is 7.08. The first-order chi connectivity index (χ1) is 5.56. The fourth-order valence-corrected chi connectivity index (χ4v) is 1.39. The Balaban J connectivity index is 3.06. The van der Waals surface area contributed by atoms with E-state index in [1.165, 1.54) is 17.1 Å². The van der Waals surface area contributed by atoms with Gasteiger partial charge in [0.2, 0.25) is 6.41 Å². The van der Waals surface area contributed by atoms with E-state index in [2.05, 4.69) is 4.98 Å². The van der Waals surface area contributed by atoms with E-state index in [1.54, 1.807) is 11.8 Å². The number of aromatic nitrogens is 2. The summed E-state index contributed by atoms with van der Waals surface area (Å²) < 4.78 is 25.2. The molecule has 1 N–H and O–H groups in total. The number of amides is 1. The standard InChI is InChI=1S/C5H7N3O3S/c1-8-2-5(6-3-8)12(10,11)7-4-9/h2-4H,1H3,(H,7,9). The van der Waals surface area contributed by atoms with Crippen molar-refractivity contribution in [3.8, 4) is 0 Å². The van der Waals surface area contributed by atoms with Crippen LogP contribution in [-0.2, 0) is 21.9 Å². The van der Waals surface area contributed by atoms with Gasteiger partial charge in [-0.05, 0) is 0 Å². The molecule has 0 unspecified atom stereocenters. The Hall–Kier alpha value is -1.37. The molecule has 6 nitrogen and oxygen atoms in total. The van der Waals surface area contributed by atoms with Crippen LogP contribution in [0.25, 0.3) is 0 Å². The van der Waals surface area contributed by atoms with E-state index in [-0.39, 0.29) is 11.4 Å². The molecule has 0 aliphatic carbocycles. The molecule has 0 spiro atoms. The number of carbonyl (C=O) groups excluding carboxylic acids is 1. The Morgan fingerprint density at radius 2 is 2.33 bits per heavy atom. The molecule has 1 aromatic heterocycles. The van der Waals surface area contributed by atoms with Crippen molar-refractivity contribution in [2.45, 2.75) is 5.03 Å². The Morgan fingerprint density at radius 1 is 1.67 bits per heavy atom. The molecular weight excluding hydrogens is 182 g/mol. The quantitative estimate of drug-likeness (QED) is 0.609. The molecule has 0 aliphatic heterocycles. The largest absolute Gasteiger partial charge is 0.339 e. The molecule has 0 aliphatic rings. The summed E-state index contributed by atoms with van der Waals surface area (Å²) in [6, 6.07) is 0. The van der Waals surface area contributed by atoms with Crippen LogP contribution in [0.2, 0.25) is 0 Å². The number of rotatable bonds is 3. The summed E-state index contributed by atoms with van der Waals surface area (Å²) in [5, 5.41) is -0.169. The van der Waals surface area contributed by atoms with E-state index < -0.39 is 10.0 Å². The molecule has 7 heteroatoms. The predicted molar refractivity (Wildman–Crippen MR) is 39.6 cm³/mol. The fraction of sp³-hybridized carbons (Fsp3) is 0.200. The first kappa shape index (κ1) is 8.72. The minimum absolute atomic E-state index is 0.101. The van der Waals surface area contributed by atoms with Crippen LogP contribution >= 0.6 is 0 Å². The third-order valence-corrected chi connectivity index (χ3v) is 2.33. The van der Waals surface area contributed by atoms with Crippen LogP contribution in [0.15, 0.2) is 17.6 Å². The molecule has 0 saturated carbocycles. The van der Waals surface area contributed by atoms with Gasteiger partial charge in [0.25, 0.3) is 10.0 Å². The second-order valence-corrected chi connectivity index (χ2v) is 3.78. The van der Waals surface area contributed by atoms with Crippen molar-refractivity contribution in [1.82, 2.24) is 14.3 Å². The van der Waals surface area contributed by atoms with Crippen molar-refractivity contribution in [2.75, 3.05) is 0 Å². The number of carbonyl (C=O) groups is 1. The number of nitrogens with one attached hydrogen (secondary N) is 1. The molecule has 12 heavy (non-hydrogen) atoms. The topological polar surface area (TPSA) is 81.1 Å². The van der Waals surface area contributed by atoms with Gasteiger partial charge in [-0.1, -0.05) is 0 Å². The van der Waals surface area contributed by atoms with E-state index in [0.29, 0.717) is 0 Å². The van der Waals surface area contributed by atoms with Gasteiger partial charge in [-0.25, -0.2) is 4.98 Å². The van der Waals surface area contributed by atoms with Crippen LogP contribution in [0.3, 0.4) is 0 Å². The first-order valence-electron chi connectivity index (χ1n) is 3.00. The second-order valence-electron chi connectivity index (χ2n) is 2.12. The van der Waals surface area contributed by atoms with Gasteiger partial charge in [0.15, 0.2) is 5.03 Å². The van der Waals surface area contributed by atoms with Crippen LogP contribution in [0.1, 0.15) is 0 Å². The molecule has 1 rings (SSSR count). The number of nitrogens with zero attached hydrogens (tertiary/aromatic N) is 2. The minimum atomic E-state index is -3.74. The monoisotopic (exact) mass is 189 g/mol. The number of imidazole rings is 1. The van der Waals surface area contributed by atoms with Crippen molar-refractivity contribution in [3.05, 3.63) is 12.5 Å². The number of sulfonamides is 1. The molecule has 1 heterocycles. The van der Waals surface area contributed by atoms with E-state index in [4.69, 9.17) is 0 Å². The summed E-state index contributed by atoms with van der Waals surface area (Å²) in [4.78, 5) is 13.4. The predicted octanol–water partition coefficient (Wildman–Crippen LogP) is -1.15. The average molecular weight is 189 g/mol. The third-order valence-electron chi connectivity index (χ3n) is 1.16. The van der Waals surface area contributed by atoms with Gasteiger partial charge in [0.1, 0.15) is 0 Å². The highest BCUT2D eigenvalue weighted by Crippen LogP contribution is 2.01. The van der Waals surface area contributed by atoms with Crippen LogP contribution in [0.4, 0.5) is 0 Å². The summed E-state index contributed by atoms with van der Waals surface area (Å²) in [5.41, 5.74) is 0. The maximum absolute atomic E-state index is 11.0. The summed E-state index contributed by atoms with van der Waals surface area (Å²) >= 11 is 0. The fourth-order valence-electron chi connectivity index (χ4n) is 0.651. The maximum atomic E-state index is 11.0. The lowest BCUT2D eigenvalue weighted by molar-refractivity contribution is -0.108. The van der Waals surface area contributed by atoms with Crippen molar-refractivity contribution in [2.24, 2.45) is 7.05 Å². The van der Waals surface area contributed by atoms with Crippen molar-refractivity contribution in [3.63, 3.8) is 0 Å². The molecule has 0 atom stereocenters. The molecule has 1 aromatic rings. The SMILES string of the molecule is Cn1cnc(S(=O)(=O)NC=O)c1. The molecule has 66 valence electrons. The van der Waals surface area contributed by atoms with Gasteiger partial charge in [-0.3, -0.25) is 9.52 Å². The van der Waals surface area contributed by atoms with Crippen LogP contribution in [-0.4, -0.2) is 24.4 Å². The molecule has 0 fully saturated rings. The number of aryl methyl sites for hydroxylation is 1. The Morgan fingerprint density at radius 3 is 2.75 bits per heavy atom. The van der Waals surface area contributed by atoms with Gasteiger partial charge in [-0.2, -0.15) is 8.42 Å². The van der Waals surface area contributed by atoms with Crippen molar-refractivity contribution < 1.29 is 13.2 Å². The summed E-state index contributed by atoms with van der Waals surface area (Å²) in [7, 11) is -2.11. The summed E-state index contributed by atoms with van der Waals surface area (Å²) in [6.07, 6.45) is 2.73. The Labute approximate surface area is 69.3 Å². The average Bonchev–Trinajstić information content (AvgIpc) is 2.36. The highest BCUT2D eigenvalue weighted by atomic mass is 32.2. The third kappa shape index (κ3) is 1.62. The lowest BCUT2D eigenvalue weighted by Gasteiger charge is -1.94. The van der Waals surface area contributed by atoms with E-state index in [0.717, 1.165) is 0 Å². The lowest BCUT2D eigenvalue weighted by atomic mass is 10.9. The molecule has 0 aromatic carbocycles. The zero-order chi connectivity index (χ0) is 9.19. The second kappa shape index (κ2) is 2.94. The molecular formula is C5H7N3O3S. The van der Waals surface area contributed by atoms with Gasteiger partial charge in [0.05, 0.1) is 6.33 Å². The Kier molecular flexibility index (Phi) is 2.13. The van der Waals surface area contributed by atoms with Gasteiger partial charge in [-0.15, -0.1) is 0 Å². The van der Waals surface area contributed by atoms with E-state index in [9.17, 15) is 13.2 Å². The smallest absolute Gasteiger partial charge is 0.282 e. The van der Waals surface area contributed by atoms with Crippen LogP contribution in [0.5, 0.6) is 0 Å². The molecule has 0 bridgehead atoms. The lowest BCUT2D eigenvalue weighted by Crippen LogP contribution is -2.22. The molecule has 1 amide bonds. The minimum Gasteiger partial charge on any atom is -0.339 e. The Bertz CT molecular complexity index is 380. The highest BCUT2D eigenvalue weighted by Gasteiger charge is 2.14. The maximum Gasteiger partial charge on any atom is 0.282 e. The van der Waals surface area contributed by atoms with E-state index in [1.807, 2.05) is 0 Å². The van der Waals surface area contributed by atoms with Crippen LogP contribution in [0, 0.1) is 0 Å². The van der Waals surface area contributed by atoms with Gasteiger partial charge >= 0.3 is 0 Å². The first-order valence-corrected chi connectivity index (χ1v) is 4.48. The summed E-state index contributed by atoms with van der Waals surface area (Å²) in [6.45, 7) is 0. The van der Waals surface area contributed by atoms with Gasteiger partial charge in [0, 0.05) is 13.2 Å². The number of hydrogen-bond acceptors (Lipinski definition) is 4. The van der Waals surface area contributed by atoms with Crippen molar-refractivity contribution in [1.29, 1.82) is 0 Å². The zero-order valence-electron chi connectivity index (χ0n) is 6.26. The highest BCUT2D eigenvalue weighted by molar-refractivity contribution is 7.89. The molecule has 0 saturated heterocycles. The summed E-state index contributed by atoms with van der Waals surface area (Å²) in [5.74, 6) is 0. The normalized spacial score (nSPS) is 11.1. The van der Waals surface area contributed by atoms with Crippen molar-refractivity contribution >= 4 is 16.4 Å².